The highest BCUT2D eigenvalue weighted by Gasteiger charge is 2.17. The molecule has 0 atom stereocenters. The van der Waals surface area contributed by atoms with Crippen LogP contribution in [0.1, 0.15) is 30.6 Å². The highest BCUT2D eigenvalue weighted by Crippen LogP contribution is 2.29. The van der Waals surface area contributed by atoms with E-state index < -0.39 is 0 Å². The van der Waals surface area contributed by atoms with E-state index in [1.807, 2.05) is 22.7 Å². The van der Waals surface area contributed by atoms with E-state index in [9.17, 15) is 0 Å². The number of nitrogens with one attached hydrogen (secondary N) is 1. The molecule has 2 aromatic heterocycles. The van der Waals surface area contributed by atoms with E-state index in [4.69, 9.17) is 5.73 Å². The summed E-state index contributed by atoms with van der Waals surface area (Å²) in [5.41, 5.74) is 7.30. The molecule has 0 saturated heterocycles. The van der Waals surface area contributed by atoms with Gasteiger partial charge in [-0.25, -0.2) is 0 Å². The van der Waals surface area contributed by atoms with Gasteiger partial charge in [-0.3, -0.25) is 0 Å². The van der Waals surface area contributed by atoms with Crippen LogP contribution in [0.15, 0.2) is 29.0 Å². The van der Waals surface area contributed by atoms with Crippen molar-refractivity contribution >= 4 is 22.7 Å². The largest absolute Gasteiger partial charge is 0.328 e. The Labute approximate surface area is 122 Å². The lowest BCUT2D eigenvalue weighted by Crippen LogP contribution is -2.36. The number of hydrogen-bond acceptors (Lipinski definition) is 4. The lowest BCUT2D eigenvalue weighted by molar-refractivity contribution is 0.342. The van der Waals surface area contributed by atoms with Crippen LogP contribution < -0.4 is 11.1 Å². The second kappa shape index (κ2) is 6.18. The second-order valence-electron chi connectivity index (χ2n) is 5.27. The Morgan fingerprint density at radius 1 is 1.21 bits per heavy atom. The summed E-state index contributed by atoms with van der Waals surface area (Å²) in [4.78, 5) is 2.80. The van der Waals surface area contributed by atoms with Crippen molar-refractivity contribution < 1.29 is 0 Å². The van der Waals surface area contributed by atoms with Gasteiger partial charge in [0.1, 0.15) is 0 Å². The Morgan fingerprint density at radius 3 is 2.79 bits per heavy atom. The minimum atomic E-state index is 0.435. The Bertz CT molecular complexity index is 496. The number of rotatable bonds is 4. The van der Waals surface area contributed by atoms with Crippen LogP contribution in [-0.4, -0.2) is 12.1 Å². The molecule has 1 saturated carbocycles. The summed E-state index contributed by atoms with van der Waals surface area (Å²) in [7, 11) is 0. The van der Waals surface area contributed by atoms with Gasteiger partial charge in [0.2, 0.25) is 0 Å². The third kappa shape index (κ3) is 3.45. The molecule has 4 heteroatoms. The molecule has 3 N–H and O–H groups in total. The molecule has 102 valence electrons. The molecule has 0 unspecified atom stereocenters. The van der Waals surface area contributed by atoms with Gasteiger partial charge in [-0.05, 0) is 48.6 Å². The monoisotopic (exact) mass is 292 g/mol. The van der Waals surface area contributed by atoms with E-state index in [-0.39, 0.29) is 0 Å². The molecule has 0 bridgehead atoms. The van der Waals surface area contributed by atoms with Gasteiger partial charge in [0.05, 0.1) is 0 Å². The highest BCUT2D eigenvalue weighted by atomic mass is 32.1. The van der Waals surface area contributed by atoms with Crippen LogP contribution in [-0.2, 0) is 6.54 Å². The predicted octanol–water partition coefficient (Wildman–Crippen LogP) is 3.84. The lowest BCUT2D eigenvalue weighted by atomic mass is 9.92. The average Bonchev–Trinajstić information content (AvgIpc) is 3.09. The summed E-state index contributed by atoms with van der Waals surface area (Å²) in [6, 6.07) is 7.71. The number of thiophene rings is 2. The van der Waals surface area contributed by atoms with Crippen molar-refractivity contribution in [1.82, 2.24) is 5.32 Å². The van der Waals surface area contributed by atoms with Crippen LogP contribution in [0.5, 0.6) is 0 Å². The van der Waals surface area contributed by atoms with E-state index >= 15 is 0 Å². The Hall–Kier alpha value is -0.680. The van der Waals surface area contributed by atoms with E-state index in [0.717, 1.165) is 6.54 Å². The minimum absolute atomic E-state index is 0.435. The van der Waals surface area contributed by atoms with Gasteiger partial charge in [-0.2, -0.15) is 0 Å². The standard InChI is InChI=1S/C15H20N2S2/c16-12-3-5-13(6-4-12)17-9-14-8-11(10-19-14)15-2-1-7-18-15/h1-2,7-8,10,12-13,17H,3-6,9,16H2. The third-order valence-corrected chi connectivity index (χ3v) is 5.65. The first kappa shape index (κ1) is 13.3. The molecular weight excluding hydrogens is 272 g/mol. The maximum absolute atomic E-state index is 5.94. The fourth-order valence-corrected chi connectivity index (χ4v) is 4.24. The van der Waals surface area contributed by atoms with Crippen molar-refractivity contribution in [2.24, 2.45) is 5.73 Å². The SMILES string of the molecule is NC1CCC(NCc2cc(-c3cccs3)cs2)CC1. The van der Waals surface area contributed by atoms with Gasteiger partial charge in [0, 0.05) is 33.9 Å². The maximum Gasteiger partial charge on any atom is 0.0351 e. The molecule has 0 aromatic carbocycles. The second-order valence-corrected chi connectivity index (χ2v) is 7.22. The van der Waals surface area contributed by atoms with Crippen LogP contribution in [0.2, 0.25) is 0 Å². The van der Waals surface area contributed by atoms with Crippen molar-refractivity contribution in [3.05, 3.63) is 33.8 Å². The molecule has 2 nitrogen and oxygen atoms in total. The van der Waals surface area contributed by atoms with Gasteiger partial charge in [0.25, 0.3) is 0 Å². The van der Waals surface area contributed by atoms with Crippen molar-refractivity contribution in [1.29, 1.82) is 0 Å². The minimum Gasteiger partial charge on any atom is -0.328 e. The first-order valence-electron chi connectivity index (χ1n) is 6.91. The van der Waals surface area contributed by atoms with Crippen LogP contribution in [0, 0.1) is 0 Å². The highest BCUT2D eigenvalue weighted by molar-refractivity contribution is 7.14. The number of nitrogens with two attached hydrogens (primary N) is 1. The van der Waals surface area contributed by atoms with Crippen molar-refractivity contribution in [2.45, 2.75) is 44.3 Å². The molecule has 2 heterocycles. The van der Waals surface area contributed by atoms with Gasteiger partial charge >= 0.3 is 0 Å². The van der Waals surface area contributed by atoms with E-state index in [2.05, 4.69) is 34.3 Å². The fourth-order valence-electron chi connectivity index (χ4n) is 2.61. The van der Waals surface area contributed by atoms with Gasteiger partial charge in [-0.1, -0.05) is 6.07 Å². The lowest BCUT2D eigenvalue weighted by Gasteiger charge is -2.26. The average molecular weight is 292 g/mol. The zero-order valence-corrected chi connectivity index (χ0v) is 12.6. The summed E-state index contributed by atoms with van der Waals surface area (Å²) >= 11 is 3.66. The van der Waals surface area contributed by atoms with Crippen LogP contribution in [0.4, 0.5) is 0 Å². The van der Waals surface area contributed by atoms with Crippen molar-refractivity contribution in [2.75, 3.05) is 0 Å². The normalized spacial score (nSPS) is 23.6. The molecule has 1 aliphatic rings. The maximum atomic E-state index is 5.94. The van der Waals surface area contributed by atoms with Gasteiger partial charge < -0.3 is 11.1 Å². The number of hydrogen-bond donors (Lipinski definition) is 2. The van der Waals surface area contributed by atoms with Crippen LogP contribution in [0.3, 0.4) is 0 Å². The molecule has 3 rings (SSSR count). The summed E-state index contributed by atoms with van der Waals surface area (Å²) in [5, 5.41) is 8.07. The zero-order valence-electron chi connectivity index (χ0n) is 11.0. The summed E-state index contributed by atoms with van der Waals surface area (Å²) in [6.45, 7) is 0.996. The quantitative estimate of drug-likeness (QED) is 0.898. The topological polar surface area (TPSA) is 38.0 Å². The van der Waals surface area contributed by atoms with Crippen LogP contribution >= 0.6 is 22.7 Å². The van der Waals surface area contributed by atoms with Gasteiger partial charge in [-0.15, -0.1) is 22.7 Å². The molecular formula is C15H20N2S2. The van der Waals surface area contributed by atoms with E-state index in [1.54, 1.807) is 0 Å². The molecule has 0 radical (unpaired) electrons. The fraction of sp³-hybridized carbons (Fsp3) is 0.467. The molecule has 1 aliphatic carbocycles. The predicted molar refractivity (Wildman–Crippen MR) is 84.7 cm³/mol. The first-order valence-corrected chi connectivity index (χ1v) is 8.67. The zero-order chi connectivity index (χ0) is 13.1. The first-order chi connectivity index (χ1) is 9.31. The molecule has 0 spiro atoms. The van der Waals surface area contributed by atoms with Crippen molar-refractivity contribution in [3.63, 3.8) is 0 Å². The summed E-state index contributed by atoms with van der Waals surface area (Å²) in [6.07, 6.45) is 4.79. The molecule has 2 aromatic rings. The Kier molecular flexibility index (Phi) is 4.33. The summed E-state index contributed by atoms with van der Waals surface area (Å²) in [5.74, 6) is 0. The Morgan fingerprint density at radius 2 is 2.05 bits per heavy atom. The smallest absolute Gasteiger partial charge is 0.0351 e. The molecule has 1 fully saturated rings. The molecule has 0 amide bonds. The van der Waals surface area contributed by atoms with Crippen molar-refractivity contribution in [3.8, 4) is 10.4 Å². The third-order valence-electron chi connectivity index (χ3n) is 3.80. The summed E-state index contributed by atoms with van der Waals surface area (Å²) < 4.78 is 0. The molecule has 19 heavy (non-hydrogen) atoms. The van der Waals surface area contributed by atoms with Crippen LogP contribution in [0.25, 0.3) is 10.4 Å². The van der Waals surface area contributed by atoms with E-state index in [0.29, 0.717) is 12.1 Å². The Balaban J connectivity index is 1.53. The molecule has 0 aliphatic heterocycles. The van der Waals surface area contributed by atoms with Gasteiger partial charge in [0.15, 0.2) is 0 Å². The van der Waals surface area contributed by atoms with E-state index in [1.165, 1.54) is 41.0 Å².